The van der Waals surface area contributed by atoms with E-state index in [2.05, 4.69) is 21.2 Å². The Balaban J connectivity index is 1.83. The molecule has 4 rings (SSSR count). The molecule has 1 amide bonds. The van der Waals surface area contributed by atoms with Gasteiger partial charge in [0.25, 0.3) is 0 Å². The Morgan fingerprint density at radius 2 is 1.94 bits per heavy atom. The van der Waals surface area contributed by atoms with E-state index in [-0.39, 0.29) is 5.91 Å². The Labute approximate surface area is 106 Å². The number of rotatable bonds is 2. The van der Waals surface area contributed by atoms with Crippen molar-refractivity contribution < 1.29 is 4.79 Å². The second-order valence-electron chi connectivity index (χ2n) is 6.46. The van der Waals surface area contributed by atoms with Crippen LogP contribution in [0.5, 0.6) is 0 Å². The molecule has 0 radical (unpaired) electrons. The molecule has 4 aliphatic rings. The van der Waals surface area contributed by atoms with E-state index < -0.39 is 0 Å². The molecule has 0 spiro atoms. The van der Waals surface area contributed by atoms with E-state index in [1.165, 1.54) is 38.5 Å². The molecule has 4 aliphatic carbocycles. The third kappa shape index (κ3) is 1.71. The number of hydrogen-bond acceptors (Lipinski definition) is 1. The van der Waals surface area contributed by atoms with Gasteiger partial charge in [-0.2, -0.15) is 0 Å². The molecule has 1 N–H and O–H groups in total. The maximum atomic E-state index is 11.7. The van der Waals surface area contributed by atoms with Crippen molar-refractivity contribution >= 4 is 21.8 Å². The Hall–Kier alpha value is -0.0500. The van der Waals surface area contributed by atoms with Crippen LogP contribution in [0.1, 0.15) is 44.9 Å². The van der Waals surface area contributed by atoms with Gasteiger partial charge < -0.3 is 5.32 Å². The molecule has 0 aliphatic heterocycles. The first-order chi connectivity index (χ1) is 7.53. The van der Waals surface area contributed by atoms with Crippen LogP contribution in [-0.2, 0) is 4.79 Å². The lowest BCUT2D eigenvalue weighted by atomic mass is 9.48. The maximum Gasteiger partial charge on any atom is 0.220 e. The molecule has 0 heterocycles. The largest absolute Gasteiger partial charge is 0.359 e. The minimum Gasteiger partial charge on any atom is -0.359 e. The number of halogens is 1. The molecule has 0 aromatic carbocycles. The molecule has 0 aromatic rings. The molecule has 16 heavy (non-hydrogen) atoms. The number of amides is 1. The number of carbonyl (C=O) groups is 1. The highest BCUT2D eigenvalue weighted by molar-refractivity contribution is 9.10. The fourth-order valence-corrected chi connectivity index (χ4v) is 6.48. The van der Waals surface area contributed by atoms with Crippen molar-refractivity contribution in [3.8, 4) is 0 Å². The zero-order valence-corrected chi connectivity index (χ0v) is 11.5. The lowest BCUT2D eigenvalue weighted by Crippen LogP contribution is -2.53. The summed E-state index contributed by atoms with van der Waals surface area (Å²) < 4.78 is 0.380. The zero-order chi connectivity index (χ0) is 11.4. The molecule has 0 aromatic heterocycles. The van der Waals surface area contributed by atoms with Gasteiger partial charge in [0, 0.05) is 17.8 Å². The predicted molar refractivity (Wildman–Crippen MR) is 67.5 cm³/mol. The average Bonchev–Trinajstić information content (AvgIpc) is 2.12. The van der Waals surface area contributed by atoms with Gasteiger partial charge in [0.15, 0.2) is 0 Å². The van der Waals surface area contributed by atoms with E-state index >= 15 is 0 Å². The van der Waals surface area contributed by atoms with Crippen LogP contribution in [0.15, 0.2) is 0 Å². The van der Waals surface area contributed by atoms with Crippen molar-refractivity contribution in [1.82, 2.24) is 5.32 Å². The van der Waals surface area contributed by atoms with E-state index in [4.69, 9.17) is 0 Å². The molecule has 2 nitrogen and oxygen atoms in total. The van der Waals surface area contributed by atoms with Gasteiger partial charge in [-0.05, 0) is 55.8 Å². The Bertz CT molecular complexity index is 314. The fraction of sp³-hybridized carbons (Fsp3) is 0.923. The van der Waals surface area contributed by atoms with Gasteiger partial charge in [0.1, 0.15) is 0 Å². The summed E-state index contributed by atoms with van der Waals surface area (Å²) in [5.74, 6) is 1.99. The molecule has 4 bridgehead atoms. The Morgan fingerprint density at radius 3 is 2.44 bits per heavy atom. The summed E-state index contributed by atoms with van der Waals surface area (Å²) in [4.78, 5) is 11.7. The molecule has 3 heteroatoms. The summed E-state index contributed by atoms with van der Waals surface area (Å²) in [6.07, 6.45) is 8.68. The average molecular weight is 286 g/mol. The predicted octanol–water partition coefficient (Wildman–Crippen LogP) is 2.86. The topological polar surface area (TPSA) is 29.1 Å². The van der Waals surface area contributed by atoms with Crippen molar-refractivity contribution in [1.29, 1.82) is 0 Å². The summed E-state index contributed by atoms with van der Waals surface area (Å²) >= 11 is 3.97. The standard InChI is InChI=1S/C13H20BrNO/c1-15-11(16)7-12-3-9-2-10(4-12)6-13(14,5-9)8-12/h9-10H,2-8H2,1H3,(H,15,16). The maximum absolute atomic E-state index is 11.7. The van der Waals surface area contributed by atoms with Crippen molar-refractivity contribution in [2.24, 2.45) is 17.3 Å². The van der Waals surface area contributed by atoms with E-state index in [0.717, 1.165) is 18.3 Å². The van der Waals surface area contributed by atoms with Crippen LogP contribution in [0.25, 0.3) is 0 Å². The SMILES string of the molecule is CNC(=O)CC12CC3CC(CC(Br)(C3)C1)C2. The molecule has 4 saturated carbocycles. The number of nitrogens with one attached hydrogen (secondary N) is 1. The highest BCUT2D eigenvalue weighted by Gasteiger charge is 2.56. The zero-order valence-electron chi connectivity index (χ0n) is 9.89. The lowest BCUT2D eigenvalue weighted by molar-refractivity contribution is -0.127. The van der Waals surface area contributed by atoms with Gasteiger partial charge in [0.2, 0.25) is 5.91 Å². The van der Waals surface area contributed by atoms with Gasteiger partial charge in [-0.15, -0.1) is 0 Å². The molecule has 90 valence electrons. The van der Waals surface area contributed by atoms with Crippen molar-refractivity contribution in [2.45, 2.75) is 49.3 Å². The monoisotopic (exact) mass is 285 g/mol. The Kier molecular flexibility index (Phi) is 2.40. The second-order valence-corrected chi connectivity index (χ2v) is 8.14. The third-order valence-electron chi connectivity index (χ3n) is 4.93. The van der Waals surface area contributed by atoms with Crippen LogP contribution in [0.4, 0.5) is 0 Å². The molecular weight excluding hydrogens is 266 g/mol. The molecule has 2 unspecified atom stereocenters. The fourth-order valence-electron chi connectivity index (χ4n) is 4.97. The van der Waals surface area contributed by atoms with E-state index in [1.54, 1.807) is 7.05 Å². The Morgan fingerprint density at radius 1 is 1.31 bits per heavy atom. The molecule has 4 fully saturated rings. The van der Waals surface area contributed by atoms with Crippen molar-refractivity contribution in [3.63, 3.8) is 0 Å². The van der Waals surface area contributed by atoms with E-state index in [1.807, 2.05) is 0 Å². The lowest BCUT2D eigenvalue weighted by Gasteiger charge is -2.60. The van der Waals surface area contributed by atoms with E-state index in [0.29, 0.717) is 9.74 Å². The quantitative estimate of drug-likeness (QED) is 0.777. The third-order valence-corrected chi connectivity index (χ3v) is 5.85. The summed E-state index contributed by atoms with van der Waals surface area (Å²) in [7, 11) is 1.76. The van der Waals surface area contributed by atoms with Crippen molar-refractivity contribution in [2.75, 3.05) is 7.05 Å². The first-order valence-electron chi connectivity index (χ1n) is 6.42. The van der Waals surface area contributed by atoms with Gasteiger partial charge in [-0.3, -0.25) is 4.79 Å². The van der Waals surface area contributed by atoms with Gasteiger partial charge in [-0.25, -0.2) is 0 Å². The van der Waals surface area contributed by atoms with Gasteiger partial charge in [0.05, 0.1) is 0 Å². The van der Waals surface area contributed by atoms with Crippen LogP contribution in [-0.4, -0.2) is 17.3 Å². The summed E-state index contributed by atoms with van der Waals surface area (Å²) in [6, 6.07) is 0. The molecule has 0 saturated heterocycles. The highest BCUT2D eigenvalue weighted by Crippen LogP contribution is 2.65. The summed E-state index contributed by atoms with van der Waals surface area (Å²) in [5.41, 5.74) is 0.327. The number of carbonyl (C=O) groups excluding carboxylic acids is 1. The summed E-state index contributed by atoms with van der Waals surface area (Å²) in [5, 5.41) is 2.80. The minimum atomic E-state index is 0.234. The van der Waals surface area contributed by atoms with Gasteiger partial charge >= 0.3 is 0 Å². The normalized spacial score (nSPS) is 49.4. The first-order valence-corrected chi connectivity index (χ1v) is 7.21. The number of alkyl halides is 1. The van der Waals surface area contributed by atoms with Crippen LogP contribution in [0, 0.1) is 17.3 Å². The van der Waals surface area contributed by atoms with Crippen LogP contribution >= 0.6 is 15.9 Å². The smallest absolute Gasteiger partial charge is 0.220 e. The summed E-state index contributed by atoms with van der Waals surface area (Å²) in [6.45, 7) is 0. The minimum absolute atomic E-state index is 0.234. The van der Waals surface area contributed by atoms with Crippen LogP contribution < -0.4 is 5.32 Å². The van der Waals surface area contributed by atoms with Gasteiger partial charge in [-0.1, -0.05) is 15.9 Å². The van der Waals surface area contributed by atoms with E-state index in [9.17, 15) is 4.79 Å². The number of hydrogen-bond donors (Lipinski definition) is 1. The second kappa shape index (κ2) is 3.47. The first kappa shape index (κ1) is 11.1. The van der Waals surface area contributed by atoms with Crippen molar-refractivity contribution in [3.05, 3.63) is 0 Å². The van der Waals surface area contributed by atoms with Crippen LogP contribution in [0.3, 0.4) is 0 Å². The van der Waals surface area contributed by atoms with Crippen LogP contribution in [0.2, 0.25) is 0 Å². The highest BCUT2D eigenvalue weighted by atomic mass is 79.9. The molecular formula is C13H20BrNO. The molecule has 2 atom stereocenters.